The van der Waals surface area contributed by atoms with Crippen LogP contribution in [0.4, 0.5) is 5.82 Å². The molecule has 0 bridgehead atoms. The molecule has 2 aromatic heterocycles. The molecule has 2 atom stereocenters. The number of methoxy groups -OCH3 is 1. The summed E-state index contributed by atoms with van der Waals surface area (Å²) in [6.45, 7) is 4.81. The maximum atomic E-state index is 9.13. The molecular weight excluding hydrogens is 328 g/mol. The fourth-order valence-electron chi connectivity index (χ4n) is 3.48. The van der Waals surface area contributed by atoms with Crippen molar-refractivity contribution in [2.45, 2.75) is 26.2 Å². The molecule has 0 saturated heterocycles. The standard InChI is InChI=1S/C19H20N6O/c1-12-11-24(15-6-4-14(10-20)5-7-15)19-16(8-9-17(21-19)26-3)25-13(2)22-23-18(12)25/h4,6-9,12,14H,5,11H2,1-3H3. The molecule has 1 aliphatic carbocycles. The Bertz CT molecular complexity index is 951. The van der Waals surface area contributed by atoms with E-state index in [9.17, 15) is 0 Å². The molecule has 7 heteroatoms. The molecule has 0 N–H and O–H groups in total. The van der Waals surface area contributed by atoms with E-state index in [-0.39, 0.29) is 11.8 Å². The molecule has 0 amide bonds. The second-order valence-corrected chi connectivity index (χ2v) is 6.61. The number of aromatic nitrogens is 4. The Morgan fingerprint density at radius 1 is 1.31 bits per heavy atom. The number of rotatable bonds is 2. The lowest BCUT2D eigenvalue weighted by atomic mass is 10.00. The third-order valence-corrected chi connectivity index (χ3v) is 4.84. The Kier molecular flexibility index (Phi) is 3.96. The third-order valence-electron chi connectivity index (χ3n) is 4.84. The smallest absolute Gasteiger partial charge is 0.215 e. The van der Waals surface area contributed by atoms with Gasteiger partial charge in [0.15, 0.2) is 5.82 Å². The molecule has 2 aromatic rings. The van der Waals surface area contributed by atoms with E-state index < -0.39 is 0 Å². The van der Waals surface area contributed by atoms with E-state index in [1.165, 1.54) is 0 Å². The van der Waals surface area contributed by atoms with Crippen molar-refractivity contribution >= 4 is 5.82 Å². The predicted octanol–water partition coefficient (Wildman–Crippen LogP) is 2.89. The molecule has 2 unspecified atom stereocenters. The minimum atomic E-state index is -0.0669. The van der Waals surface area contributed by atoms with Gasteiger partial charge >= 0.3 is 0 Å². The maximum absolute atomic E-state index is 9.13. The molecule has 1 aliphatic heterocycles. The van der Waals surface area contributed by atoms with Crippen LogP contribution in [0.25, 0.3) is 5.69 Å². The number of allylic oxidation sites excluding steroid dienone is 3. The van der Waals surface area contributed by atoms with E-state index in [0.717, 1.165) is 35.4 Å². The molecule has 0 radical (unpaired) electrons. The number of aryl methyl sites for hydroxylation is 1. The highest BCUT2D eigenvalue weighted by Crippen LogP contribution is 2.36. The number of hydrogen-bond acceptors (Lipinski definition) is 6. The number of nitriles is 1. The Labute approximate surface area is 152 Å². The van der Waals surface area contributed by atoms with Gasteiger partial charge in [-0.15, -0.1) is 10.2 Å². The van der Waals surface area contributed by atoms with Gasteiger partial charge in [-0.25, -0.2) is 0 Å². The van der Waals surface area contributed by atoms with Crippen LogP contribution in [0.1, 0.15) is 30.9 Å². The van der Waals surface area contributed by atoms with Crippen molar-refractivity contribution in [2.24, 2.45) is 5.92 Å². The van der Waals surface area contributed by atoms with Crippen molar-refractivity contribution < 1.29 is 4.74 Å². The summed E-state index contributed by atoms with van der Waals surface area (Å²) < 4.78 is 7.43. The molecule has 0 aromatic carbocycles. The highest BCUT2D eigenvalue weighted by molar-refractivity contribution is 5.66. The van der Waals surface area contributed by atoms with Crippen molar-refractivity contribution in [3.8, 4) is 17.6 Å². The first-order chi connectivity index (χ1) is 12.6. The van der Waals surface area contributed by atoms with Gasteiger partial charge in [-0.3, -0.25) is 4.57 Å². The lowest BCUT2D eigenvalue weighted by molar-refractivity contribution is 0.398. The molecule has 7 nitrogen and oxygen atoms in total. The van der Waals surface area contributed by atoms with Crippen LogP contribution in [0.15, 0.2) is 36.1 Å². The van der Waals surface area contributed by atoms with Crippen molar-refractivity contribution in [2.75, 3.05) is 18.6 Å². The van der Waals surface area contributed by atoms with Crippen LogP contribution in [-0.4, -0.2) is 33.4 Å². The molecule has 132 valence electrons. The summed E-state index contributed by atoms with van der Waals surface area (Å²) in [6, 6.07) is 6.15. The number of hydrogen-bond donors (Lipinski definition) is 0. The summed E-state index contributed by atoms with van der Waals surface area (Å²) in [6.07, 6.45) is 6.77. The summed E-state index contributed by atoms with van der Waals surface area (Å²) in [5.74, 6) is 3.23. The normalized spacial score (nSPS) is 21.3. The van der Waals surface area contributed by atoms with Gasteiger partial charge in [0, 0.05) is 24.2 Å². The second kappa shape index (κ2) is 6.30. The van der Waals surface area contributed by atoms with Crippen LogP contribution in [0, 0.1) is 24.2 Å². The summed E-state index contributed by atoms with van der Waals surface area (Å²) in [4.78, 5) is 6.91. The third kappa shape index (κ3) is 2.54. The van der Waals surface area contributed by atoms with E-state index in [1.807, 2.05) is 31.2 Å². The Morgan fingerprint density at radius 2 is 2.15 bits per heavy atom. The Morgan fingerprint density at radius 3 is 2.85 bits per heavy atom. The quantitative estimate of drug-likeness (QED) is 0.830. The number of anilines is 1. The van der Waals surface area contributed by atoms with Gasteiger partial charge in [0.05, 0.1) is 24.8 Å². The minimum absolute atomic E-state index is 0.0669. The highest BCUT2D eigenvalue weighted by atomic mass is 16.5. The van der Waals surface area contributed by atoms with Gasteiger partial charge in [0.2, 0.25) is 5.88 Å². The van der Waals surface area contributed by atoms with E-state index >= 15 is 0 Å². The molecule has 2 aliphatic rings. The van der Waals surface area contributed by atoms with Crippen LogP contribution >= 0.6 is 0 Å². The fraction of sp³-hybridized carbons (Fsp3) is 0.368. The topological polar surface area (TPSA) is 79.9 Å². The lowest BCUT2D eigenvalue weighted by Crippen LogP contribution is -2.27. The second-order valence-electron chi connectivity index (χ2n) is 6.61. The van der Waals surface area contributed by atoms with Crippen LogP contribution in [0.5, 0.6) is 5.88 Å². The summed E-state index contributed by atoms with van der Waals surface area (Å²) in [5.41, 5.74) is 1.98. The largest absolute Gasteiger partial charge is 0.481 e. The van der Waals surface area contributed by atoms with Crippen molar-refractivity contribution in [1.82, 2.24) is 19.7 Å². The minimum Gasteiger partial charge on any atom is -0.481 e. The summed E-state index contributed by atoms with van der Waals surface area (Å²) >= 11 is 0. The zero-order valence-corrected chi connectivity index (χ0v) is 15.0. The molecule has 3 heterocycles. The van der Waals surface area contributed by atoms with Gasteiger partial charge in [-0.05, 0) is 25.5 Å². The van der Waals surface area contributed by atoms with Gasteiger partial charge in [0.25, 0.3) is 0 Å². The molecule has 26 heavy (non-hydrogen) atoms. The van der Waals surface area contributed by atoms with Crippen LogP contribution in [0.2, 0.25) is 0 Å². The van der Waals surface area contributed by atoms with Crippen molar-refractivity contribution in [3.63, 3.8) is 0 Å². The molecule has 0 saturated carbocycles. The highest BCUT2D eigenvalue weighted by Gasteiger charge is 2.30. The predicted molar refractivity (Wildman–Crippen MR) is 97.1 cm³/mol. The number of nitrogens with zero attached hydrogens (tertiary/aromatic N) is 6. The van der Waals surface area contributed by atoms with Crippen molar-refractivity contribution in [1.29, 1.82) is 5.26 Å². The average Bonchev–Trinajstić information content (AvgIpc) is 3.01. The SMILES string of the molecule is COc1ccc2c(n1)N(C1=CCC(C#N)C=C1)CC(C)c1nnc(C)n1-2. The first-order valence-electron chi connectivity index (χ1n) is 8.65. The molecule has 0 spiro atoms. The molecule has 4 rings (SSSR count). The molecule has 0 fully saturated rings. The Hall–Kier alpha value is -3.14. The fourth-order valence-corrected chi connectivity index (χ4v) is 3.48. The summed E-state index contributed by atoms with van der Waals surface area (Å²) in [5, 5.41) is 17.8. The summed E-state index contributed by atoms with van der Waals surface area (Å²) in [7, 11) is 1.62. The number of fused-ring (bicyclic) bond motifs is 3. The Balaban J connectivity index is 1.87. The number of ether oxygens (including phenoxy) is 1. The van der Waals surface area contributed by atoms with E-state index in [2.05, 4.69) is 38.7 Å². The van der Waals surface area contributed by atoms with Crippen LogP contribution in [0.3, 0.4) is 0 Å². The van der Waals surface area contributed by atoms with E-state index in [0.29, 0.717) is 12.3 Å². The number of pyridine rings is 1. The first kappa shape index (κ1) is 16.3. The van der Waals surface area contributed by atoms with Gasteiger partial charge in [0.1, 0.15) is 11.6 Å². The van der Waals surface area contributed by atoms with Crippen molar-refractivity contribution in [3.05, 3.63) is 47.7 Å². The monoisotopic (exact) mass is 348 g/mol. The van der Waals surface area contributed by atoms with E-state index in [1.54, 1.807) is 7.11 Å². The van der Waals surface area contributed by atoms with Gasteiger partial charge < -0.3 is 9.64 Å². The average molecular weight is 348 g/mol. The molecular formula is C19H20N6O. The zero-order chi connectivity index (χ0) is 18.3. The van der Waals surface area contributed by atoms with Crippen LogP contribution < -0.4 is 9.64 Å². The lowest BCUT2D eigenvalue weighted by Gasteiger charge is -2.28. The van der Waals surface area contributed by atoms with Gasteiger partial charge in [-0.1, -0.05) is 19.1 Å². The van der Waals surface area contributed by atoms with E-state index in [4.69, 9.17) is 15.0 Å². The van der Waals surface area contributed by atoms with Gasteiger partial charge in [-0.2, -0.15) is 10.2 Å². The zero-order valence-electron chi connectivity index (χ0n) is 15.0. The first-order valence-corrected chi connectivity index (χ1v) is 8.65. The van der Waals surface area contributed by atoms with Crippen LogP contribution in [-0.2, 0) is 0 Å². The maximum Gasteiger partial charge on any atom is 0.215 e.